The van der Waals surface area contributed by atoms with Gasteiger partial charge in [-0.25, -0.2) is 9.59 Å². The molecule has 3 unspecified atom stereocenters. The minimum absolute atomic E-state index is 0.0500. The van der Waals surface area contributed by atoms with Gasteiger partial charge >= 0.3 is 12.1 Å². The number of anilines is 1. The van der Waals surface area contributed by atoms with Crippen molar-refractivity contribution in [3.05, 3.63) is 46.5 Å². The maximum atomic E-state index is 14.0. The molecular weight excluding hydrogens is 724 g/mol. The van der Waals surface area contributed by atoms with Gasteiger partial charge in [0.05, 0.1) is 25.8 Å². The predicted molar refractivity (Wildman–Crippen MR) is 196 cm³/mol. The minimum Gasteiger partial charge on any atom is -0.495 e. The average Bonchev–Trinajstić information content (AvgIpc) is 3.06. The van der Waals surface area contributed by atoms with Crippen LogP contribution in [0.3, 0.4) is 0 Å². The van der Waals surface area contributed by atoms with Crippen molar-refractivity contribution in [1.29, 1.82) is 0 Å². The maximum absolute atomic E-state index is 14.0. The van der Waals surface area contributed by atoms with E-state index in [0.717, 1.165) is 23.3 Å². The normalized spacial score (nSPS) is 32.1. The van der Waals surface area contributed by atoms with Crippen LogP contribution in [-0.4, -0.2) is 116 Å². The second kappa shape index (κ2) is 17.5. The topological polar surface area (TPSA) is 162 Å². The molecule has 0 spiro atoms. The van der Waals surface area contributed by atoms with Crippen molar-refractivity contribution in [1.82, 2.24) is 5.32 Å². The highest BCUT2D eigenvalue weighted by Crippen LogP contribution is 2.50. The number of esters is 1. The van der Waals surface area contributed by atoms with E-state index in [9.17, 15) is 24.6 Å². The Morgan fingerprint density at radius 3 is 2.63 bits per heavy atom. The number of allylic oxidation sites excluding steroid dienone is 3. The maximum Gasteiger partial charge on any atom is 0.409 e. The molecular formula is C35H49ClN2O11S2. The summed E-state index contributed by atoms with van der Waals surface area (Å²) in [7, 11) is 7.81. The van der Waals surface area contributed by atoms with E-state index in [1.807, 2.05) is 13.2 Å². The molecule has 0 saturated carbocycles. The summed E-state index contributed by atoms with van der Waals surface area (Å²) in [6.07, 6.45) is 1.96. The van der Waals surface area contributed by atoms with E-state index in [2.05, 4.69) is 5.32 Å². The lowest BCUT2D eigenvalue weighted by molar-refractivity contribution is -0.328. The van der Waals surface area contributed by atoms with E-state index >= 15 is 0 Å². The number of nitrogens with zero attached hydrogens (tertiary/aromatic N) is 1. The molecule has 3 N–H and O–H groups in total. The molecule has 2 fully saturated rings. The number of aliphatic hydroxyl groups is 2. The lowest BCUT2D eigenvalue weighted by Gasteiger charge is -2.59. The summed E-state index contributed by atoms with van der Waals surface area (Å²) >= 11 is 6.73. The van der Waals surface area contributed by atoms with Crippen LogP contribution in [0.4, 0.5) is 10.5 Å². The van der Waals surface area contributed by atoms with Crippen molar-refractivity contribution >= 4 is 56.8 Å². The molecule has 6 bridgehead atoms. The number of nitrogens with one attached hydrogen (secondary N) is 1. The lowest BCUT2D eigenvalue weighted by Crippen LogP contribution is -2.72. The fraction of sp³-hybridized carbons (Fsp3) is 0.629. The molecule has 2 amide bonds. The Morgan fingerprint density at radius 1 is 1.24 bits per heavy atom. The number of rotatable bonds is 11. The van der Waals surface area contributed by atoms with Gasteiger partial charge in [-0.05, 0) is 57.6 Å². The third-order valence-electron chi connectivity index (χ3n) is 9.35. The Balaban J connectivity index is 1.69. The van der Waals surface area contributed by atoms with Crippen molar-refractivity contribution in [3.63, 3.8) is 0 Å². The van der Waals surface area contributed by atoms with E-state index < -0.39 is 59.3 Å². The first kappa shape index (κ1) is 41.3. The van der Waals surface area contributed by atoms with Gasteiger partial charge in [-0.1, -0.05) is 57.0 Å². The number of benzene rings is 1. The van der Waals surface area contributed by atoms with Crippen molar-refractivity contribution < 1.29 is 53.0 Å². The summed E-state index contributed by atoms with van der Waals surface area (Å²) in [5.74, 6) is 0.0866. The summed E-state index contributed by atoms with van der Waals surface area (Å²) in [5.41, 5.74) is -2.43. The van der Waals surface area contributed by atoms with Gasteiger partial charge in [0, 0.05) is 39.4 Å². The van der Waals surface area contributed by atoms with Gasteiger partial charge < -0.3 is 43.5 Å². The number of halogens is 1. The smallest absolute Gasteiger partial charge is 0.409 e. The first-order valence-corrected chi connectivity index (χ1v) is 19.7. The number of fused-ring (bicyclic) bond motifs is 6. The zero-order valence-corrected chi connectivity index (χ0v) is 32.5. The molecule has 4 heterocycles. The fourth-order valence-corrected chi connectivity index (χ4v) is 8.15. The molecule has 0 aromatic heterocycles. The summed E-state index contributed by atoms with van der Waals surface area (Å²) < 4.78 is 34.7. The summed E-state index contributed by atoms with van der Waals surface area (Å²) in [5, 5.41) is 25.0. The summed E-state index contributed by atoms with van der Waals surface area (Å²) in [4.78, 5) is 41.7. The molecule has 5 rings (SSSR count). The Labute approximate surface area is 312 Å². The first-order valence-electron chi connectivity index (χ1n) is 16.6. The molecule has 7 atom stereocenters. The predicted octanol–water partition coefficient (Wildman–Crippen LogP) is 4.59. The molecule has 2 saturated heterocycles. The zero-order valence-electron chi connectivity index (χ0n) is 30.1. The molecule has 13 nitrogen and oxygen atoms in total. The number of hydrogen-bond donors (Lipinski definition) is 3. The molecule has 0 aliphatic carbocycles. The number of hydrogen-bond acceptors (Lipinski definition) is 13. The quantitative estimate of drug-likeness (QED) is 0.163. The highest BCUT2D eigenvalue weighted by molar-refractivity contribution is 8.76. The van der Waals surface area contributed by atoms with E-state index in [-0.39, 0.29) is 30.9 Å². The molecule has 16 heteroatoms. The van der Waals surface area contributed by atoms with Crippen molar-refractivity contribution in [2.24, 2.45) is 0 Å². The molecule has 1 aromatic carbocycles. The first-order chi connectivity index (χ1) is 24.1. The van der Waals surface area contributed by atoms with Crippen LogP contribution in [0.1, 0.15) is 52.0 Å². The number of alkyl carbamates (subject to hydrolysis) is 1. The van der Waals surface area contributed by atoms with Gasteiger partial charge in [0.2, 0.25) is 5.91 Å². The number of aliphatic hydroxyl groups excluding tert-OH is 1. The molecule has 4 aliphatic heterocycles. The van der Waals surface area contributed by atoms with E-state index in [1.165, 1.54) is 25.2 Å². The molecule has 284 valence electrons. The average molecular weight is 773 g/mol. The highest BCUT2D eigenvalue weighted by atomic mass is 35.5. The van der Waals surface area contributed by atoms with Crippen LogP contribution in [0.2, 0.25) is 5.02 Å². The number of methoxy groups -OCH3 is 2. The molecule has 1 aromatic rings. The highest BCUT2D eigenvalue weighted by Gasteiger charge is 2.63. The van der Waals surface area contributed by atoms with Gasteiger partial charge in [0.15, 0.2) is 11.8 Å². The standard InChI is InChI=1S/C35H49ClN2O11S2/c1-21-10-8-11-26(39)35(43)18-28(48-32(42)37-35)34(3)20-33(2,49-34)27(47-31(41)25(45-6)19-46-12-9-13-51-50-7)17-29(40)38(4)23-15-22(14-21)16-24(44-5)30(23)36/h8,10-11,15-16,25-28,39,43H,9,12-14,17-20H2,1-7H3,(H,37,42)/b11-8+,21-10+/t25?,26-,27+,28?,33-,34?,35+/m1/s1. The van der Waals surface area contributed by atoms with Gasteiger partial charge in [-0.3, -0.25) is 10.1 Å². The minimum atomic E-state index is -2.07. The second-order valence-corrected chi connectivity index (χ2v) is 16.5. The van der Waals surface area contributed by atoms with Crippen LogP contribution in [0.25, 0.3) is 0 Å². The Morgan fingerprint density at radius 2 is 1.96 bits per heavy atom. The molecule has 51 heavy (non-hydrogen) atoms. The van der Waals surface area contributed by atoms with E-state index in [1.54, 1.807) is 66.8 Å². The Bertz CT molecular complexity index is 1490. The van der Waals surface area contributed by atoms with Gasteiger partial charge in [-0.15, -0.1) is 0 Å². The van der Waals surface area contributed by atoms with Gasteiger partial charge in [-0.2, -0.15) is 0 Å². The van der Waals surface area contributed by atoms with Crippen LogP contribution in [-0.2, 0) is 39.7 Å². The van der Waals surface area contributed by atoms with Crippen LogP contribution < -0.4 is 15.0 Å². The Kier molecular flexibility index (Phi) is 14.2. The number of carbonyl (C=O) groups is 3. The van der Waals surface area contributed by atoms with Crippen LogP contribution in [0.15, 0.2) is 35.9 Å². The third-order valence-corrected chi connectivity index (χ3v) is 11.6. The van der Waals surface area contributed by atoms with Crippen LogP contribution >= 0.6 is 33.2 Å². The number of amides is 2. The van der Waals surface area contributed by atoms with Crippen molar-refractivity contribution in [2.45, 2.75) is 94.2 Å². The monoisotopic (exact) mass is 772 g/mol. The second-order valence-electron chi connectivity index (χ2n) is 13.4. The van der Waals surface area contributed by atoms with Crippen molar-refractivity contribution in [2.75, 3.05) is 51.4 Å². The van der Waals surface area contributed by atoms with E-state index in [0.29, 0.717) is 24.5 Å². The fourth-order valence-electron chi connectivity index (χ4n) is 6.58. The Hall–Kier alpha value is -2.50. The molecule has 4 aliphatic rings. The van der Waals surface area contributed by atoms with E-state index in [4.69, 9.17) is 40.0 Å². The molecule has 0 radical (unpaired) electrons. The third kappa shape index (κ3) is 9.93. The lowest BCUT2D eigenvalue weighted by atomic mass is 9.72. The number of carbonyl (C=O) groups excluding carboxylic acids is 3. The van der Waals surface area contributed by atoms with Gasteiger partial charge in [0.1, 0.15) is 40.3 Å². The van der Waals surface area contributed by atoms with Crippen LogP contribution in [0.5, 0.6) is 5.75 Å². The van der Waals surface area contributed by atoms with Crippen LogP contribution in [0, 0.1) is 0 Å². The number of ether oxygens (including phenoxy) is 6. The van der Waals surface area contributed by atoms with Crippen molar-refractivity contribution in [3.8, 4) is 5.75 Å². The van der Waals surface area contributed by atoms with Gasteiger partial charge in [0.25, 0.3) is 0 Å². The summed E-state index contributed by atoms with van der Waals surface area (Å²) in [6, 6.07) is 3.55. The summed E-state index contributed by atoms with van der Waals surface area (Å²) in [6.45, 7) is 5.65. The zero-order chi connectivity index (χ0) is 37.6. The largest absolute Gasteiger partial charge is 0.495 e. The SMILES string of the molecule is COc1cc2cc(c1Cl)N(C)C(=O)C[C@H](OC(=O)C(COCCCSSC)OC)[C@@]1(C)CC(C)(O1)C1C[C@@](O)(NC(=O)O1)[C@H](O)/C=C/C=C(\C)C2.